The average Bonchev–Trinajstić information content (AvgIpc) is 2.38. The molecule has 10 heavy (non-hydrogen) atoms. The van der Waals surface area contributed by atoms with E-state index in [1.54, 1.807) is 11.3 Å². The number of thiophene rings is 1. The summed E-state index contributed by atoms with van der Waals surface area (Å²) < 4.78 is 0. The lowest BCUT2D eigenvalue weighted by molar-refractivity contribution is 0.518. The average molecular weight is 156 g/mol. The molecule has 0 aromatic carbocycles. The Morgan fingerprint density at radius 3 is 2.80 bits per heavy atom. The minimum absolute atomic E-state index is 0.339. The van der Waals surface area contributed by atoms with E-state index in [9.17, 15) is 0 Å². The maximum atomic E-state index is 5.87. The van der Waals surface area contributed by atoms with Crippen molar-refractivity contribution in [2.45, 2.75) is 12.5 Å². The predicted molar refractivity (Wildman–Crippen MR) is 44.9 cm³/mol. The van der Waals surface area contributed by atoms with E-state index in [1.165, 1.54) is 0 Å². The van der Waals surface area contributed by atoms with Gasteiger partial charge in [-0.3, -0.25) is 0 Å². The van der Waals surface area contributed by atoms with Gasteiger partial charge in [0, 0.05) is 11.4 Å². The molecule has 0 bridgehead atoms. The molecule has 2 nitrogen and oxygen atoms in total. The molecule has 1 rings (SSSR count). The second-order valence-electron chi connectivity index (χ2n) is 2.60. The fraction of sp³-hybridized carbons (Fsp3) is 0.429. The molecule has 0 radical (unpaired) electrons. The van der Waals surface area contributed by atoms with Crippen molar-refractivity contribution in [2.24, 2.45) is 11.5 Å². The highest BCUT2D eigenvalue weighted by molar-refractivity contribution is 7.10. The lowest BCUT2D eigenvalue weighted by Gasteiger charge is -2.19. The number of hydrogen-bond acceptors (Lipinski definition) is 3. The smallest absolute Gasteiger partial charge is 0.0599 e. The van der Waals surface area contributed by atoms with Crippen LogP contribution in [0, 0.1) is 0 Å². The first-order chi connectivity index (χ1) is 4.67. The van der Waals surface area contributed by atoms with Crippen LogP contribution in [0.25, 0.3) is 0 Å². The van der Waals surface area contributed by atoms with Crippen LogP contribution in [0.4, 0.5) is 0 Å². The second-order valence-corrected chi connectivity index (χ2v) is 3.55. The molecule has 0 saturated heterocycles. The van der Waals surface area contributed by atoms with E-state index in [1.807, 2.05) is 24.4 Å². The van der Waals surface area contributed by atoms with Crippen LogP contribution in [0.3, 0.4) is 0 Å². The van der Waals surface area contributed by atoms with E-state index >= 15 is 0 Å². The first kappa shape index (κ1) is 7.72. The Balaban J connectivity index is 2.85. The van der Waals surface area contributed by atoms with E-state index < -0.39 is 0 Å². The van der Waals surface area contributed by atoms with Gasteiger partial charge in [0.25, 0.3) is 0 Å². The second kappa shape index (κ2) is 2.70. The van der Waals surface area contributed by atoms with Crippen molar-refractivity contribution in [1.29, 1.82) is 0 Å². The molecule has 0 aliphatic rings. The van der Waals surface area contributed by atoms with E-state index in [4.69, 9.17) is 11.5 Å². The molecule has 1 aromatic heterocycles. The van der Waals surface area contributed by atoms with Gasteiger partial charge in [0.1, 0.15) is 0 Å². The fourth-order valence-corrected chi connectivity index (χ4v) is 1.52. The van der Waals surface area contributed by atoms with E-state index in [-0.39, 0.29) is 5.54 Å². The molecule has 0 aliphatic heterocycles. The summed E-state index contributed by atoms with van der Waals surface area (Å²) >= 11 is 1.65. The van der Waals surface area contributed by atoms with Crippen molar-refractivity contribution < 1.29 is 0 Å². The highest BCUT2D eigenvalue weighted by atomic mass is 32.1. The molecule has 3 heteroatoms. The highest BCUT2D eigenvalue weighted by Gasteiger charge is 2.19. The molecule has 0 spiro atoms. The quantitative estimate of drug-likeness (QED) is 0.668. The van der Waals surface area contributed by atoms with Gasteiger partial charge in [0.15, 0.2) is 0 Å². The minimum atomic E-state index is -0.339. The fourth-order valence-electron chi connectivity index (χ4n) is 0.704. The molecule has 56 valence electrons. The predicted octanol–water partition coefficient (Wildman–Crippen LogP) is 0.881. The van der Waals surface area contributed by atoms with Gasteiger partial charge in [-0.2, -0.15) is 0 Å². The molecule has 4 N–H and O–H groups in total. The van der Waals surface area contributed by atoms with Crippen molar-refractivity contribution in [1.82, 2.24) is 0 Å². The molecular formula is C7H12N2S. The van der Waals surface area contributed by atoms with Crippen LogP contribution in [-0.2, 0) is 5.54 Å². The van der Waals surface area contributed by atoms with Crippen molar-refractivity contribution in [3.63, 3.8) is 0 Å². The Labute approximate surface area is 64.8 Å². The van der Waals surface area contributed by atoms with Gasteiger partial charge in [0.2, 0.25) is 0 Å². The van der Waals surface area contributed by atoms with Gasteiger partial charge in [0.05, 0.1) is 5.54 Å². The molecule has 1 aromatic rings. The zero-order valence-electron chi connectivity index (χ0n) is 6.00. The lowest BCUT2D eigenvalue weighted by atomic mass is 10.0. The summed E-state index contributed by atoms with van der Waals surface area (Å²) in [6, 6.07) is 4.00. The Kier molecular flexibility index (Phi) is 2.08. The highest BCUT2D eigenvalue weighted by Crippen LogP contribution is 2.20. The summed E-state index contributed by atoms with van der Waals surface area (Å²) in [5.74, 6) is 0. The zero-order chi connectivity index (χ0) is 7.61. The lowest BCUT2D eigenvalue weighted by Crippen LogP contribution is -2.39. The molecule has 0 aliphatic carbocycles. The maximum absolute atomic E-state index is 5.87. The molecule has 0 unspecified atom stereocenters. The monoisotopic (exact) mass is 156 g/mol. The Morgan fingerprint density at radius 2 is 2.40 bits per heavy atom. The van der Waals surface area contributed by atoms with Crippen LogP contribution in [0.1, 0.15) is 11.8 Å². The maximum Gasteiger partial charge on any atom is 0.0599 e. The summed E-state index contributed by atoms with van der Waals surface area (Å²) in [7, 11) is 0. The van der Waals surface area contributed by atoms with Gasteiger partial charge in [-0.15, -0.1) is 11.3 Å². The van der Waals surface area contributed by atoms with Crippen LogP contribution in [0.2, 0.25) is 0 Å². The number of rotatable bonds is 2. The van der Waals surface area contributed by atoms with E-state index in [0.717, 1.165) is 4.88 Å². The van der Waals surface area contributed by atoms with Gasteiger partial charge >= 0.3 is 0 Å². The van der Waals surface area contributed by atoms with E-state index in [0.29, 0.717) is 6.54 Å². The van der Waals surface area contributed by atoms with Crippen molar-refractivity contribution >= 4 is 11.3 Å². The largest absolute Gasteiger partial charge is 0.328 e. The van der Waals surface area contributed by atoms with Crippen LogP contribution in [-0.4, -0.2) is 6.54 Å². The number of nitrogens with two attached hydrogens (primary N) is 2. The Bertz CT molecular complexity index is 191. The zero-order valence-corrected chi connectivity index (χ0v) is 6.82. The van der Waals surface area contributed by atoms with Crippen molar-refractivity contribution in [2.75, 3.05) is 6.54 Å². The summed E-state index contributed by atoms with van der Waals surface area (Å²) in [5.41, 5.74) is 11.0. The molecule has 0 saturated carbocycles. The van der Waals surface area contributed by atoms with Crippen molar-refractivity contribution in [3.8, 4) is 0 Å². The molecular weight excluding hydrogens is 144 g/mol. The Morgan fingerprint density at radius 1 is 1.70 bits per heavy atom. The normalized spacial score (nSPS) is 16.7. The SMILES string of the molecule is C[C@](N)(CN)c1cccs1. The molecule has 1 atom stereocenters. The summed E-state index contributed by atoms with van der Waals surface area (Å²) in [4.78, 5) is 1.15. The number of hydrogen-bond donors (Lipinski definition) is 2. The standard InChI is InChI=1S/C7H12N2S/c1-7(9,5-8)6-3-2-4-10-6/h2-4H,5,8-9H2,1H3/t7-/m0/s1. The summed E-state index contributed by atoms with van der Waals surface area (Å²) in [6.07, 6.45) is 0. The first-order valence-electron chi connectivity index (χ1n) is 3.20. The molecule has 1 heterocycles. The third kappa shape index (κ3) is 1.37. The van der Waals surface area contributed by atoms with Gasteiger partial charge in [-0.1, -0.05) is 6.07 Å². The Hall–Kier alpha value is -0.380. The van der Waals surface area contributed by atoms with Gasteiger partial charge in [-0.05, 0) is 18.4 Å². The van der Waals surface area contributed by atoms with Crippen LogP contribution in [0.15, 0.2) is 17.5 Å². The van der Waals surface area contributed by atoms with Gasteiger partial charge < -0.3 is 11.5 Å². The summed E-state index contributed by atoms with van der Waals surface area (Å²) in [6.45, 7) is 2.44. The summed E-state index contributed by atoms with van der Waals surface area (Å²) in [5, 5.41) is 2.01. The molecule has 0 fully saturated rings. The van der Waals surface area contributed by atoms with Crippen molar-refractivity contribution in [3.05, 3.63) is 22.4 Å². The van der Waals surface area contributed by atoms with Crippen LogP contribution < -0.4 is 11.5 Å². The topological polar surface area (TPSA) is 52.0 Å². The van der Waals surface area contributed by atoms with Crippen LogP contribution in [0.5, 0.6) is 0 Å². The third-order valence-corrected chi connectivity index (χ3v) is 2.66. The van der Waals surface area contributed by atoms with E-state index in [2.05, 4.69) is 0 Å². The van der Waals surface area contributed by atoms with Crippen LogP contribution >= 0.6 is 11.3 Å². The van der Waals surface area contributed by atoms with Gasteiger partial charge in [-0.25, -0.2) is 0 Å². The molecule has 0 amide bonds. The first-order valence-corrected chi connectivity index (χ1v) is 4.08. The minimum Gasteiger partial charge on any atom is -0.328 e. The third-order valence-electron chi connectivity index (χ3n) is 1.51.